The van der Waals surface area contributed by atoms with Crippen molar-refractivity contribution in [3.8, 4) is 22.9 Å². The van der Waals surface area contributed by atoms with Crippen molar-refractivity contribution in [1.29, 1.82) is 0 Å². The lowest BCUT2D eigenvalue weighted by molar-refractivity contribution is -0.120. The van der Waals surface area contributed by atoms with Crippen molar-refractivity contribution in [2.45, 2.75) is 26.8 Å². The van der Waals surface area contributed by atoms with Crippen molar-refractivity contribution in [2.75, 3.05) is 21.3 Å². The van der Waals surface area contributed by atoms with Gasteiger partial charge in [-0.05, 0) is 49.7 Å². The van der Waals surface area contributed by atoms with Crippen molar-refractivity contribution >= 4 is 29.1 Å². The number of rotatable bonds is 8. The molecule has 2 aromatic carbocycles. The van der Waals surface area contributed by atoms with Gasteiger partial charge >= 0.3 is 0 Å². The molecule has 0 radical (unpaired) electrons. The Hall–Kier alpha value is -2.90. The molecule has 0 atom stereocenters. The number of halogens is 2. The molecule has 1 heterocycles. The van der Waals surface area contributed by atoms with E-state index < -0.39 is 0 Å². The first-order valence-corrected chi connectivity index (χ1v) is 10.6. The van der Waals surface area contributed by atoms with Crippen LogP contribution in [0.2, 0.25) is 10.0 Å². The van der Waals surface area contributed by atoms with E-state index in [1.54, 1.807) is 56.3 Å². The summed E-state index contributed by atoms with van der Waals surface area (Å²) in [6, 6.07) is 8.83. The third-order valence-electron chi connectivity index (χ3n) is 5.13. The number of ether oxygens (including phenoxy) is 3. The molecule has 32 heavy (non-hydrogen) atoms. The molecular weight excluding hydrogens is 453 g/mol. The highest BCUT2D eigenvalue weighted by Crippen LogP contribution is 2.38. The third-order valence-corrected chi connectivity index (χ3v) is 5.67. The second-order valence-corrected chi connectivity index (χ2v) is 7.99. The number of benzene rings is 2. The molecule has 1 aromatic heterocycles. The van der Waals surface area contributed by atoms with E-state index in [9.17, 15) is 4.79 Å². The van der Waals surface area contributed by atoms with E-state index in [4.69, 9.17) is 37.4 Å². The molecule has 0 aliphatic rings. The van der Waals surface area contributed by atoms with Crippen molar-refractivity contribution in [1.82, 2.24) is 15.1 Å². The highest BCUT2D eigenvalue weighted by atomic mass is 35.5. The molecule has 9 heteroatoms. The Kier molecular flexibility index (Phi) is 7.53. The number of amides is 1. The van der Waals surface area contributed by atoms with Gasteiger partial charge in [-0.2, -0.15) is 5.10 Å². The van der Waals surface area contributed by atoms with E-state index >= 15 is 0 Å². The van der Waals surface area contributed by atoms with Gasteiger partial charge in [-0.15, -0.1) is 0 Å². The number of aromatic nitrogens is 2. The SMILES string of the molecule is COc1cc(CNC(=O)Cc2c(C)nn(-c3ccc(Cl)cc3Cl)c2C)cc(OC)c1OC. The molecule has 0 aliphatic carbocycles. The predicted octanol–water partition coefficient (Wildman–Crippen LogP) is 4.68. The number of hydrogen-bond acceptors (Lipinski definition) is 5. The van der Waals surface area contributed by atoms with Crippen LogP contribution < -0.4 is 19.5 Å². The summed E-state index contributed by atoms with van der Waals surface area (Å²) in [7, 11) is 4.65. The van der Waals surface area contributed by atoms with Gasteiger partial charge in [-0.3, -0.25) is 4.79 Å². The van der Waals surface area contributed by atoms with E-state index in [2.05, 4.69) is 10.4 Å². The average molecular weight is 478 g/mol. The summed E-state index contributed by atoms with van der Waals surface area (Å²) < 4.78 is 17.8. The molecule has 1 amide bonds. The monoisotopic (exact) mass is 477 g/mol. The van der Waals surface area contributed by atoms with Crippen LogP contribution in [0.5, 0.6) is 17.2 Å². The van der Waals surface area contributed by atoms with Crippen molar-refractivity contribution < 1.29 is 19.0 Å². The molecule has 170 valence electrons. The van der Waals surface area contributed by atoms with Crippen molar-refractivity contribution in [2.24, 2.45) is 0 Å². The molecule has 0 fully saturated rings. The summed E-state index contributed by atoms with van der Waals surface area (Å²) in [5.74, 6) is 1.43. The molecule has 7 nitrogen and oxygen atoms in total. The first kappa shape index (κ1) is 23.8. The summed E-state index contributed by atoms with van der Waals surface area (Å²) in [6.45, 7) is 4.09. The van der Waals surface area contributed by atoms with Crippen LogP contribution >= 0.6 is 23.2 Å². The third kappa shape index (κ3) is 4.95. The lowest BCUT2D eigenvalue weighted by atomic mass is 10.1. The Morgan fingerprint density at radius 2 is 1.69 bits per heavy atom. The largest absolute Gasteiger partial charge is 0.493 e. The van der Waals surface area contributed by atoms with Gasteiger partial charge in [0.25, 0.3) is 0 Å². The number of hydrogen-bond donors (Lipinski definition) is 1. The Morgan fingerprint density at radius 1 is 1.03 bits per heavy atom. The number of carbonyl (C=O) groups excluding carboxylic acids is 1. The normalized spacial score (nSPS) is 10.7. The minimum atomic E-state index is -0.133. The summed E-state index contributed by atoms with van der Waals surface area (Å²) >= 11 is 12.3. The molecule has 3 aromatic rings. The van der Waals surface area contributed by atoms with Gasteiger partial charge in [0, 0.05) is 22.8 Å². The number of carbonyl (C=O) groups is 1. The number of nitrogens with zero attached hydrogens (tertiary/aromatic N) is 2. The second kappa shape index (κ2) is 10.1. The molecule has 1 N–H and O–H groups in total. The van der Waals surface area contributed by atoms with Crippen LogP contribution in [0.4, 0.5) is 0 Å². The van der Waals surface area contributed by atoms with Gasteiger partial charge in [0.05, 0.1) is 44.2 Å². The lowest BCUT2D eigenvalue weighted by Crippen LogP contribution is -2.25. The van der Waals surface area contributed by atoms with E-state index in [1.165, 1.54) is 0 Å². The summed E-state index contributed by atoms with van der Waals surface area (Å²) in [6.07, 6.45) is 0.188. The Bertz CT molecular complexity index is 1120. The molecule has 0 unspecified atom stereocenters. The standard InChI is InChI=1S/C23H25Cl2N3O4/c1-13-17(14(2)28(27-13)19-7-6-16(24)10-18(19)25)11-22(29)26-12-15-8-20(30-3)23(32-5)21(9-15)31-4/h6-10H,11-12H2,1-5H3,(H,26,29). The second-order valence-electron chi connectivity index (χ2n) is 7.14. The summed E-state index contributed by atoms with van der Waals surface area (Å²) in [5, 5.41) is 8.54. The number of methoxy groups -OCH3 is 3. The van der Waals surface area contributed by atoms with Gasteiger partial charge < -0.3 is 19.5 Å². The smallest absolute Gasteiger partial charge is 0.224 e. The quantitative estimate of drug-likeness (QED) is 0.509. The molecule has 0 aliphatic heterocycles. The van der Waals surface area contributed by atoms with Gasteiger partial charge in [0.1, 0.15) is 0 Å². The zero-order valence-electron chi connectivity index (χ0n) is 18.6. The number of aryl methyl sites for hydroxylation is 1. The maximum atomic E-state index is 12.7. The fourth-order valence-electron chi connectivity index (χ4n) is 3.48. The highest BCUT2D eigenvalue weighted by molar-refractivity contribution is 6.35. The van der Waals surface area contributed by atoms with Crippen LogP contribution in [0.25, 0.3) is 5.69 Å². The van der Waals surface area contributed by atoms with Crippen LogP contribution in [0.1, 0.15) is 22.5 Å². The first-order chi connectivity index (χ1) is 15.3. The van der Waals surface area contributed by atoms with Gasteiger partial charge in [-0.1, -0.05) is 23.2 Å². The minimum Gasteiger partial charge on any atom is -0.493 e. The van der Waals surface area contributed by atoms with Crippen molar-refractivity contribution in [3.05, 3.63) is 62.9 Å². The summed E-state index contributed by atoms with van der Waals surface area (Å²) in [5.41, 5.74) is 3.98. The van der Waals surface area contributed by atoms with E-state index in [-0.39, 0.29) is 12.3 Å². The Morgan fingerprint density at radius 3 is 2.25 bits per heavy atom. The predicted molar refractivity (Wildman–Crippen MR) is 125 cm³/mol. The zero-order valence-corrected chi connectivity index (χ0v) is 20.1. The number of nitrogens with one attached hydrogen (secondary N) is 1. The summed E-state index contributed by atoms with van der Waals surface area (Å²) in [4.78, 5) is 12.7. The van der Waals surface area contributed by atoms with Crippen LogP contribution in [-0.4, -0.2) is 37.0 Å². The molecular formula is C23H25Cl2N3O4. The van der Waals surface area contributed by atoms with E-state index in [0.717, 1.165) is 22.5 Å². The topological polar surface area (TPSA) is 74.6 Å². The molecule has 0 saturated heterocycles. The van der Waals surface area contributed by atoms with Crippen molar-refractivity contribution in [3.63, 3.8) is 0 Å². The molecule has 0 spiro atoms. The maximum Gasteiger partial charge on any atom is 0.224 e. The van der Waals surface area contributed by atoms with Crippen LogP contribution in [-0.2, 0) is 17.8 Å². The zero-order chi connectivity index (χ0) is 23.4. The van der Waals surface area contributed by atoms with Gasteiger partial charge in [-0.25, -0.2) is 4.68 Å². The highest BCUT2D eigenvalue weighted by Gasteiger charge is 2.18. The van der Waals surface area contributed by atoms with Crippen LogP contribution in [0.3, 0.4) is 0 Å². The van der Waals surface area contributed by atoms with Crippen LogP contribution in [0.15, 0.2) is 30.3 Å². The fourth-order valence-corrected chi connectivity index (χ4v) is 3.97. The Balaban J connectivity index is 1.75. The molecule has 0 saturated carbocycles. The average Bonchev–Trinajstić information content (AvgIpc) is 3.04. The molecule has 3 rings (SSSR count). The van der Waals surface area contributed by atoms with E-state index in [1.807, 2.05) is 13.8 Å². The Labute approximate surface area is 197 Å². The van der Waals surface area contributed by atoms with E-state index in [0.29, 0.717) is 39.5 Å². The van der Waals surface area contributed by atoms with Gasteiger partial charge in [0.15, 0.2) is 11.5 Å². The van der Waals surface area contributed by atoms with Crippen LogP contribution in [0, 0.1) is 13.8 Å². The van der Waals surface area contributed by atoms with Gasteiger partial charge in [0.2, 0.25) is 11.7 Å². The fraction of sp³-hybridized carbons (Fsp3) is 0.304. The first-order valence-electron chi connectivity index (χ1n) is 9.85. The maximum absolute atomic E-state index is 12.7. The molecule has 0 bridgehead atoms. The minimum absolute atomic E-state index is 0.133. The lowest BCUT2D eigenvalue weighted by Gasteiger charge is -2.14.